The zero-order valence-corrected chi connectivity index (χ0v) is 13.5. The third-order valence-electron chi connectivity index (χ3n) is 3.21. The minimum absolute atomic E-state index is 0.305. The van der Waals surface area contributed by atoms with Gasteiger partial charge in [0.2, 0.25) is 0 Å². The van der Waals surface area contributed by atoms with Crippen LogP contribution in [-0.2, 0) is 4.74 Å². The number of urea groups is 1. The second kappa shape index (κ2) is 9.19. The van der Waals surface area contributed by atoms with Crippen LogP contribution >= 0.6 is 0 Å². The number of hydrogen-bond donors (Lipinski definition) is 3. The van der Waals surface area contributed by atoms with Gasteiger partial charge in [-0.2, -0.15) is 0 Å². The molecule has 0 aliphatic rings. The first-order valence-corrected chi connectivity index (χ1v) is 7.80. The topological polar surface area (TPSA) is 79.5 Å². The number of hydrogen-bond acceptors (Lipinski definition) is 3. The Kier molecular flexibility index (Phi) is 6.64. The highest BCUT2D eigenvalue weighted by molar-refractivity contribution is 5.89. The predicted octanol–water partition coefficient (Wildman–Crippen LogP) is 3.22. The summed E-state index contributed by atoms with van der Waals surface area (Å²) in [5.41, 5.74) is 2.91. The van der Waals surface area contributed by atoms with Crippen molar-refractivity contribution in [2.24, 2.45) is 0 Å². The Balaban J connectivity index is 1.75. The van der Waals surface area contributed by atoms with E-state index in [-0.39, 0.29) is 6.03 Å². The maximum absolute atomic E-state index is 11.8. The molecule has 2 aromatic rings. The summed E-state index contributed by atoms with van der Waals surface area (Å²) in [6, 6.07) is 17.3. The van der Waals surface area contributed by atoms with Gasteiger partial charge in [0.1, 0.15) is 0 Å². The molecule has 3 amide bonds. The molecule has 0 aliphatic heterocycles. The Labute approximate surface area is 141 Å². The summed E-state index contributed by atoms with van der Waals surface area (Å²) < 4.78 is 4.71. The van der Waals surface area contributed by atoms with Crippen LogP contribution in [0.3, 0.4) is 0 Å². The van der Waals surface area contributed by atoms with Gasteiger partial charge in [-0.25, -0.2) is 9.59 Å². The predicted molar refractivity (Wildman–Crippen MR) is 93.9 cm³/mol. The summed E-state index contributed by atoms with van der Waals surface area (Å²) in [5, 5.41) is 7.92. The van der Waals surface area contributed by atoms with E-state index in [9.17, 15) is 9.59 Å². The zero-order chi connectivity index (χ0) is 17.2. The van der Waals surface area contributed by atoms with Gasteiger partial charge in [0.05, 0.1) is 6.61 Å². The molecule has 0 radical (unpaired) electrons. The Morgan fingerprint density at radius 3 is 2.17 bits per heavy atom. The quantitative estimate of drug-likeness (QED) is 0.713. The SMILES string of the molecule is CCOC(=O)NCCNC(=O)Nc1ccc(-c2ccccc2)cc1. The van der Waals surface area contributed by atoms with E-state index in [0.717, 1.165) is 11.1 Å². The normalized spacial score (nSPS) is 9.88. The van der Waals surface area contributed by atoms with Crippen LogP contribution in [-0.4, -0.2) is 31.8 Å². The van der Waals surface area contributed by atoms with E-state index >= 15 is 0 Å². The van der Waals surface area contributed by atoms with Crippen molar-refractivity contribution in [1.29, 1.82) is 0 Å². The number of rotatable bonds is 6. The van der Waals surface area contributed by atoms with Gasteiger partial charge in [0.15, 0.2) is 0 Å². The van der Waals surface area contributed by atoms with Gasteiger partial charge in [-0.1, -0.05) is 42.5 Å². The van der Waals surface area contributed by atoms with Crippen molar-refractivity contribution in [3.8, 4) is 11.1 Å². The van der Waals surface area contributed by atoms with Crippen LogP contribution in [0.5, 0.6) is 0 Å². The fourth-order valence-electron chi connectivity index (χ4n) is 2.07. The molecule has 0 fully saturated rings. The first-order chi connectivity index (χ1) is 11.7. The van der Waals surface area contributed by atoms with Crippen molar-refractivity contribution in [2.75, 3.05) is 25.0 Å². The summed E-state index contributed by atoms with van der Waals surface area (Å²) in [4.78, 5) is 22.8. The van der Waals surface area contributed by atoms with E-state index < -0.39 is 6.09 Å². The number of ether oxygens (including phenoxy) is 1. The Morgan fingerprint density at radius 2 is 1.50 bits per heavy atom. The van der Waals surface area contributed by atoms with Crippen molar-refractivity contribution in [2.45, 2.75) is 6.92 Å². The van der Waals surface area contributed by atoms with Crippen LogP contribution in [0.1, 0.15) is 6.92 Å². The van der Waals surface area contributed by atoms with Crippen molar-refractivity contribution >= 4 is 17.8 Å². The van der Waals surface area contributed by atoms with Crippen LogP contribution in [0.15, 0.2) is 54.6 Å². The second-order valence-corrected chi connectivity index (χ2v) is 4.97. The summed E-state index contributed by atoms with van der Waals surface area (Å²) >= 11 is 0. The molecule has 0 aromatic heterocycles. The first kappa shape index (κ1) is 17.3. The molecule has 0 saturated carbocycles. The molecule has 0 bridgehead atoms. The average Bonchev–Trinajstić information content (AvgIpc) is 2.60. The van der Waals surface area contributed by atoms with Crippen molar-refractivity contribution in [1.82, 2.24) is 10.6 Å². The lowest BCUT2D eigenvalue weighted by atomic mass is 10.1. The minimum atomic E-state index is -0.490. The maximum Gasteiger partial charge on any atom is 0.407 e. The number of benzene rings is 2. The standard InChI is InChI=1S/C18H21N3O3/c1-2-24-18(23)20-13-12-19-17(22)21-16-10-8-15(9-11-16)14-6-4-3-5-7-14/h3-11H,2,12-13H2,1H3,(H,20,23)(H2,19,21,22). The molecule has 0 unspecified atom stereocenters. The van der Waals surface area contributed by atoms with Gasteiger partial charge < -0.3 is 20.7 Å². The van der Waals surface area contributed by atoms with Crippen LogP contribution in [0.2, 0.25) is 0 Å². The molecular formula is C18H21N3O3. The van der Waals surface area contributed by atoms with Crippen LogP contribution in [0.4, 0.5) is 15.3 Å². The Hall–Kier alpha value is -3.02. The summed E-state index contributed by atoms with van der Waals surface area (Å²) in [6.07, 6.45) is -0.490. The van der Waals surface area contributed by atoms with E-state index in [1.54, 1.807) is 6.92 Å². The lowest BCUT2D eigenvalue weighted by molar-refractivity contribution is 0.152. The van der Waals surface area contributed by atoms with Gasteiger partial charge >= 0.3 is 12.1 Å². The fourth-order valence-corrected chi connectivity index (χ4v) is 2.07. The van der Waals surface area contributed by atoms with E-state index in [2.05, 4.69) is 16.0 Å². The molecule has 0 saturated heterocycles. The Morgan fingerprint density at radius 1 is 0.875 bits per heavy atom. The highest BCUT2D eigenvalue weighted by Gasteiger charge is 2.03. The van der Waals surface area contributed by atoms with E-state index in [1.807, 2.05) is 54.6 Å². The van der Waals surface area contributed by atoms with E-state index in [1.165, 1.54) is 0 Å². The van der Waals surface area contributed by atoms with Gasteiger partial charge in [0, 0.05) is 18.8 Å². The van der Waals surface area contributed by atoms with Crippen LogP contribution in [0, 0.1) is 0 Å². The number of carbonyl (C=O) groups is 2. The molecule has 2 rings (SSSR count). The number of nitrogens with one attached hydrogen (secondary N) is 3. The summed E-state index contributed by atoms with van der Waals surface area (Å²) in [7, 11) is 0. The van der Waals surface area contributed by atoms with Crippen LogP contribution < -0.4 is 16.0 Å². The lowest BCUT2D eigenvalue weighted by Crippen LogP contribution is -2.37. The minimum Gasteiger partial charge on any atom is -0.450 e. The zero-order valence-electron chi connectivity index (χ0n) is 13.5. The van der Waals surface area contributed by atoms with Gasteiger partial charge in [0.25, 0.3) is 0 Å². The smallest absolute Gasteiger partial charge is 0.407 e. The molecule has 126 valence electrons. The number of carbonyl (C=O) groups excluding carboxylic acids is 2. The summed E-state index contributed by atoms with van der Waals surface area (Å²) in [5.74, 6) is 0. The molecule has 24 heavy (non-hydrogen) atoms. The number of amides is 3. The van der Waals surface area contributed by atoms with E-state index in [0.29, 0.717) is 25.4 Å². The fraction of sp³-hybridized carbons (Fsp3) is 0.222. The van der Waals surface area contributed by atoms with Gasteiger partial charge in [-0.3, -0.25) is 0 Å². The number of anilines is 1. The number of alkyl carbamates (subject to hydrolysis) is 1. The van der Waals surface area contributed by atoms with Crippen LogP contribution in [0.25, 0.3) is 11.1 Å². The first-order valence-electron chi connectivity index (χ1n) is 7.80. The second-order valence-electron chi connectivity index (χ2n) is 4.97. The third-order valence-corrected chi connectivity index (χ3v) is 3.21. The molecule has 0 atom stereocenters. The molecule has 6 nitrogen and oxygen atoms in total. The monoisotopic (exact) mass is 327 g/mol. The molecule has 0 heterocycles. The Bertz CT molecular complexity index is 657. The molecule has 0 spiro atoms. The molecule has 6 heteroatoms. The van der Waals surface area contributed by atoms with Gasteiger partial charge in [-0.15, -0.1) is 0 Å². The third kappa shape index (κ3) is 5.64. The maximum atomic E-state index is 11.8. The van der Waals surface area contributed by atoms with Crippen molar-refractivity contribution in [3.05, 3.63) is 54.6 Å². The highest BCUT2D eigenvalue weighted by Crippen LogP contribution is 2.20. The molecule has 3 N–H and O–H groups in total. The average molecular weight is 327 g/mol. The molecule has 0 aliphatic carbocycles. The van der Waals surface area contributed by atoms with Crippen molar-refractivity contribution in [3.63, 3.8) is 0 Å². The molecular weight excluding hydrogens is 306 g/mol. The van der Waals surface area contributed by atoms with Crippen molar-refractivity contribution < 1.29 is 14.3 Å². The highest BCUT2D eigenvalue weighted by atomic mass is 16.5. The van der Waals surface area contributed by atoms with E-state index in [4.69, 9.17) is 4.74 Å². The summed E-state index contributed by atoms with van der Waals surface area (Å²) in [6.45, 7) is 2.67. The molecule has 2 aromatic carbocycles. The largest absolute Gasteiger partial charge is 0.450 e. The van der Waals surface area contributed by atoms with Gasteiger partial charge in [-0.05, 0) is 30.2 Å². The lowest BCUT2D eigenvalue weighted by Gasteiger charge is -2.09.